The number of nitrogens with two attached hydrogens (primary N) is 1. The first kappa shape index (κ1) is 14.1. The van der Waals surface area contributed by atoms with Gasteiger partial charge in [-0.2, -0.15) is 0 Å². The maximum atomic E-state index is 13.2. The third kappa shape index (κ3) is 4.81. The van der Waals surface area contributed by atoms with E-state index >= 15 is 0 Å². The predicted molar refractivity (Wildman–Crippen MR) is 67.1 cm³/mol. The SMILES string of the molecule is COCCCN(C)Cc1ccc(F)c(CN)c1. The average molecular weight is 240 g/mol. The summed E-state index contributed by atoms with van der Waals surface area (Å²) < 4.78 is 18.2. The Labute approximate surface area is 102 Å². The van der Waals surface area contributed by atoms with Crippen molar-refractivity contribution in [1.82, 2.24) is 4.90 Å². The second-order valence-corrected chi connectivity index (χ2v) is 4.21. The number of halogens is 1. The molecule has 0 fully saturated rings. The summed E-state index contributed by atoms with van der Waals surface area (Å²) in [6.45, 7) is 2.77. The molecule has 4 heteroatoms. The lowest BCUT2D eigenvalue weighted by atomic mass is 10.1. The Morgan fingerprint density at radius 1 is 1.41 bits per heavy atom. The fraction of sp³-hybridized carbons (Fsp3) is 0.538. The van der Waals surface area contributed by atoms with E-state index in [1.807, 2.05) is 13.1 Å². The molecule has 96 valence electrons. The van der Waals surface area contributed by atoms with Crippen molar-refractivity contribution in [2.75, 3.05) is 27.3 Å². The molecule has 2 N–H and O–H groups in total. The molecule has 0 aliphatic rings. The summed E-state index contributed by atoms with van der Waals surface area (Å²) in [4.78, 5) is 2.19. The van der Waals surface area contributed by atoms with E-state index in [1.165, 1.54) is 6.07 Å². The van der Waals surface area contributed by atoms with Crippen molar-refractivity contribution in [1.29, 1.82) is 0 Å². The Bertz CT molecular complexity index is 344. The van der Waals surface area contributed by atoms with Crippen LogP contribution >= 0.6 is 0 Å². The van der Waals surface area contributed by atoms with Gasteiger partial charge < -0.3 is 15.4 Å². The van der Waals surface area contributed by atoms with Crippen molar-refractivity contribution in [2.45, 2.75) is 19.5 Å². The van der Waals surface area contributed by atoms with Crippen LogP contribution in [0.15, 0.2) is 18.2 Å². The van der Waals surface area contributed by atoms with Crippen LogP contribution in [0.2, 0.25) is 0 Å². The zero-order valence-corrected chi connectivity index (χ0v) is 10.6. The van der Waals surface area contributed by atoms with E-state index in [1.54, 1.807) is 13.2 Å². The fourth-order valence-electron chi connectivity index (χ4n) is 1.75. The van der Waals surface area contributed by atoms with Gasteiger partial charge in [0.15, 0.2) is 0 Å². The zero-order chi connectivity index (χ0) is 12.7. The minimum atomic E-state index is -0.224. The molecule has 1 aromatic rings. The number of hydrogen-bond donors (Lipinski definition) is 1. The molecule has 0 aromatic heterocycles. The average Bonchev–Trinajstić information content (AvgIpc) is 2.32. The van der Waals surface area contributed by atoms with Gasteiger partial charge in [0.2, 0.25) is 0 Å². The van der Waals surface area contributed by atoms with Crippen LogP contribution in [0.25, 0.3) is 0 Å². The van der Waals surface area contributed by atoms with Crippen LogP contribution in [0, 0.1) is 5.82 Å². The molecular weight excluding hydrogens is 219 g/mol. The highest BCUT2D eigenvalue weighted by atomic mass is 19.1. The molecule has 0 saturated heterocycles. The van der Waals surface area contributed by atoms with E-state index in [0.717, 1.165) is 31.7 Å². The van der Waals surface area contributed by atoms with Crippen molar-refractivity contribution in [3.63, 3.8) is 0 Å². The lowest BCUT2D eigenvalue weighted by Gasteiger charge is -2.17. The molecule has 0 aliphatic heterocycles. The second-order valence-electron chi connectivity index (χ2n) is 4.21. The molecule has 0 spiro atoms. The van der Waals surface area contributed by atoms with Crippen LogP contribution < -0.4 is 5.73 Å². The van der Waals surface area contributed by atoms with Gasteiger partial charge in [0.1, 0.15) is 5.82 Å². The summed E-state index contributed by atoms with van der Waals surface area (Å²) in [7, 11) is 3.74. The molecular formula is C13H21FN2O. The van der Waals surface area contributed by atoms with Crippen LogP contribution in [0.4, 0.5) is 4.39 Å². The Balaban J connectivity index is 2.50. The molecule has 0 bridgehead atoms. The second kappa shape index (κ2) is 7.37. The van der Waals surface area contributed by atoms with Crippen LogP contribution in [-0.4, -0.2) is 32.2 Å². The van der Waals surface area contributed by atoms with Gasteiger partial charge in [0, 0.05) is 38.9 Å². The number of benzene rings is 1. The van der Waals surface area contributed by atoms with E-state index in [0.29, 0.717) is 5.56 Å². The van der Waals surface area contributed by atoms with Crippen molar-refractivity contribution in [3.05, 3.63) is 35.1 Å². The molecule has 0 atom stereocenters. The molecule has 0 heterocycles. The molecule has 0 unspecified atom stereocenters. The lowest BCUT2D eigenvalue weighted by molar-refractivity contribution is 0.178. The monoisotopic (exact) mass is 240 g/mol. The van der Waals surface area contributed by atoms with E-state index in [2.05, 4.69) is 4.90 Å². The van der Waals surface area contributed by atoms with Gasteiger partial charge in [-0.3, -0.25) is 0 Å². The predicted octanol–water partition coefficient (Wildman–Crippen LogP) is 1.75. The van der Waals surface area contributed by atoms with Gasteiger partial charge in [0.25, 0.3) is 0 Å². The fourth-order valence-corrected chi connectivity index (χ4v) is 1.75. The number of methoxy groups -OCH3 is 1. The Morgan fingerprint density at radius 2 is 2.18 bits per heavy atom. The maximum Gasteiger partial charge on any atom is 0.127 e. The van der Waals surface area contributed by atoms with Crippen molar-refractivity contribution in [3.8, 4) is 0 Å². The van der Waals surface area contributed by atoms with Gasteiger partial charge in [-0.1, -0.05) is 12.1 Å². The summed E-state index contributed by atoms with van der Waals surface area (Å²) in [6, 6.07) is 5.13. The highest BCUT2D eigenvalue weighted by Gasteiger charge is 2.04. The number of rotatable bonds is 7. The maximum absolute atomic E-state index is 13.2. The first-order valence-electron chi connectivity index (χ1n) is 5.82. The summed E-state index contributed by atoms with van der Waals surface area (Å²) in [5, 5.41) is 0. The largest absolute Gasteiger partial charge is 0.385 e. The molecule has 0 radical (unpaired) electrons. The van der Waals surface area contributed by atoms with Gasteiger partial charge in [-0.05, 0) is 25.1 Å². The van der Waals surface area contributed by atoms with Crippen LogP contribution in [0.5, 0.6) is 0 Å². The third-order valence-electron chi connectivity index (χ3n) is 2.67. The summed E-state index contributed by atoms with van der Waals surface area (Å²) in [5.41, 5.74) is 7.14. The van der Waals surface area contributed by atoms with Gasteiger partial charge in [-0.15, -0.1) is 0 Å². The van der Waals surface area contributed by atoms with E-state index in [9.17, 15) is 4.39 Å². The van der Waals surface area contributed by atoms with Crippen LogP contribution in [0.3, 0.4) is 0 Å². The van der Waals surface area contributed by atoms with Crippen LogP contribution in [-0.2, 0) is 17.8 Å². The van der Waals surface area contributed by atoms with Gasteiger partial charge in [-0.25, -0.2) is 4.39 Å². The highest BCUT2D eigenvalue weighted by Crippen LogP contribution is 2.11. The van der Waals surface area contributed by atoms with Crippen molar-refractivity contribution < 1.29 is 9.13 Å². The first-order chi connectivity index (χ1) is 8.17. The molecule has 1 rings (SSSR count). The molecule has 17 heavy (non-hydrogen) atoms. The van der Waals surface area contributed by atoms with E-state index < -0.39 is 0 Å². The lowest BCUT2D eigenvalue weighted by Crippen LogP contribution is -2.20. The summed E-state index contributed by atoms with van der Waals surface area (Å²) in [6.07, 6.45) is 0.998. The van der Waals surface area contributed by atoms with Crippen LogP contribution in [0.1, 0.15) is 17.5 Å². The quantitative estimate of drug-likeness (QED) is 0.738. The highest BCUT2D eigenvalue weighted by molar-refractivity contribution is 5.24. The van der Waals surface area contributed by atoms with Gasteiger partial charge in [0.05, 0.1) is 0 Å². The van der Waals surface area contributed by atoms with E-state index in [-0.39, 0.29) is 12.4 Å². The number of hydrogen-bond acceptors (Lipinski definition) is 3. The summed E-state index contributed by atoms with van der Waals surface area (Å²) >= 11 is 0. The smallest absolute Gasteiger partial charge is 0.127 e. The zero-order valence-electron chi connectivity index (χ0n) is 10.6. The third-order valence-corrected chi connectivity index (χ3v) is 2.67. The normalized spacial score (nSPS) is 11.1. The van der Waals surface area contributed by atoms with Gasteiger partial charge >= 0.3 is 0 Å². The number of nitrogens with zero attached hydrogens (tertiary/aromatic N) is 1. The van der Waals surface area contributed by atoms with Crippen molar-refractivity contribution >= 4 is 0 Å². The molecule has 0 aliphatic carbocycles. The molecule has 0 amide bonds. The molecule has 0 saturated carbocycles. The molecule has 1 aromatic carbocycles. The Kier molecular flexibility index (Phi) is 6.11. The first-order valence-corrected chi connectivity index (χ1v) is 5.82. The summed E-state index contributed by atoms with van der Waals surface area (Å²) in [5.74, 6) is -0.224. The topological polar surface area (TPSA) is 38.5 Å². The van der Waals surface area contributed by atoms with Crippen molar-refractivity contribution in [2.24, 2.45) is 5.73 Å². The minimum absolute atomic E-state index is 0.224. The minimum Gasteiger partial charge on any atom is -0.385 e. The molecule has 3 nitrogen and oxygen atoms in total. The number of ether oxygens (including phenoxy) is 1. The standard InChI is InChI=1S/C13H21FN2O/c1-16(6-3-7-17-2)10-11-4-5-13(14)12(8-11)9-15/h4-5,8H,3,6-7,9-10,15H2,1-2H3. The Hall–Kier alpha value is -0.970. The Morgan fingerprint density at radius 3 is 2.82 bits per heavy atom. The van der Waals surface area contributed by atoms with E-state index in [4.69, 9.17) is 10.5 Å².